The number of rotatable bonds is 9. The number of hydrogen-bond donors (Lipinski definition) is 5. The molecule has 5 N–H and O–H groups in total. The summed E-state index contributed by atoms with van der Waals surface area (Å²) in [4.78, 5) is 29.3. The highest BCUT2D eigenvalue weighted by atomic mass is 32.2. The first-order valence-electron chi connectivity index (χ1n) is 9.50. The van der Waals surface area contributed by atoms with Gasteiger partial charge in [-0.2, -0.15) is 26.3 Å². The fourth-order valence-electron chi connectivity index (χ4n) is 2.98. The normalized spacial score (nSPS) is 23.8. The molecule has 2 aromatic rings. The molecule has 1 saturated heterocycles. The number of aliphatic hydroxyl groups is 2. The first-order valence-corrected chi connectivity index (χ1v) is 12.0. The summed E-state index contributed by atoms with van der Waals surface area (Å²) in [6.07, 6.45) is -15.7. The number of aromatic nitrogens is 4. The molecule has 3 heterocycles. The van der Waals surface area contributed by atoms with E-state index >= 15 is 0 Å². The van der Waals surface area contributed by atoms with Crippen molar-refractivity contribution in [3.05, 3.63) is 6.33 Å². The molecule has 0 amide bonds. The Hall–Kier alpha value is -1.73. The summed E-state index contributed by atoms with van der Waals surface area (Å²) in [5.41, 5.74) is -0.485. The van der Waals surface area contributed by atoms with Crippen molar-refractivity contribution in [3.63, 3.8) is 0 Å². The van der Waals surface area contributed by atoms with E-state index in [2.05, 4.69) is 19.5 Å². The van der Waals surface area contributed by atoms with E-state index in [-0.39, 0.29) is 16.3 Å². The van der Waals surface area contributed by atoms with E-state index in [1.807, 2.05) is 5.32 Å². The van der Waals surface area contributed by atoms with Crippen molar-refractivity contribution in [2.24, 2.45) is 0 Å². The van der Waals surface area contributed by atoms with Crippen molar-refractivity contribution in [3.8, 4) is 0 Å². The van der Waals surface area contributed by atoms with Crippen molar-refractivity contribution < 1.29 is 60.2 Å². The number of halogens is 6. The van der Waals surface area contributed by atoms with Crippen molar-refractivity contribution in [2.75, 3.05) is 24.2 Å². The third-order valence-electron chi connectivity index (χ3n) is 4.49. The van der Waals surface area contributed by atoms with Gasteiger partial charge in [0, 0.05) is 5.75 Å². The number of nitrogens with one attached hydrogen (secondary N) is 1. The van der Waals surface area contributed by atoms with Crippen molar-refractivity contribution >= 4 is 36.6 Å². The number of thioether (sulfide) groups is 1. The van der Waals surface area contributed by atoms with E-state index < -0.39 is 75.9 Å². The Morgan fingerprint density at radius 2 is 1.83 bits per heavy atom. The molecule has 0 unspecified atom stereocenters. The van der Waals surface area contributed by atoms with Crippen LogP contribution in [0.5, 0.6) is 0 Å². The van der Waals surface area contributed by atoms with Crippen molar-refractivity contribution in [1.29, 1.82) is 0 Å². The van der Waals surface area contributed by atoms with Gasteiger partial charge in [0.05, 0.1) is 19.4 Å². The maximum absolute atomic E-state index is 12.7. The molecule has 1 aliphatic rings. The lowest BCUT2D eigenvalue weighted by molar-refractivity contribution is -0.129. The molecule has 12 nitrogen and oxygen atoms in total. The van der Waals surface area contributed by atoms with Gasteiger partial charge in [-0.1, -0.05) is 11.8 Å². The number of hydrogen-bond acceptors (Lipinski definition) is 10. The van der Waals surface area contributed by atoms with Crippen molar-refractivity contribution in [1.82, 2.24) is 19.5 Å². The van der Waals surface area contributed by atoms with Gasteiger partial charge >= 0.3 is 20.2 Å². The maximum Gasteiger partial charge on any atom is 0.469 e. The highest BCUT2D eigenvalue weighted by Crippen LogP contribution is 2.39. The zero-order valence-electron chi connectivity index (χ0n) is 17.1. The number of ether oxygens (including phenoxy) is 1. The molecule has 3 rings (SSSR count). The smallest absolute Gasteiger partial charge is 0.387 e. The first-order chi connectivity index (χ1) is 16.0. The second-order valence-corrected chi connectivity index (χ2v) is 9.50. The summed E-state index contributed by atoms with van der Waals surface area (Å²) in [6, 6.07) is 0. The third-order valence-corrected chi connectivity index (χ3v) is 5.83. The lowest BCUT2D eigenvalue weighted by Crippen LogP contribution is -2.33. The van der Waals surface area contributed by atoms with Gasteiger partial charge in [0.15, 0.2) is 28.4 Å². The standard InChI is InChI=1S/C15H18F6N5O7PS/c16-14(17,18)1-2-35-13-24-10(22-4-15(19,20)21)7-11(25-13)26(5-23-7)12-9(28)8(27)6(33-12)3-32-34(29,30)31/h5-6,8-9,12,27-28H,1-4H2,(H,22,24,25)(H2,29,30,31)/t6-,8-,9-,12-/m1/s1. The van der Waals surface area contributed by atoms with Crippen LogP contribution in [-0.2, 0) is 13.8 Å². The number of aliphatic hydroxyl groups excluding tert-OH is 2. The molecule has 0 spiro atoms. The number of phosphoric ester groups is 1. The van der Waals surface area contributed by atoms with E-state index in [1.54, 1.807) is 0 Å². The number of alkyl halides is 6. The molecule has 35 heavy (non-hydrogen) atoms. The molecule has 0 aromatic carbocycles. The van der Waals surface area contributed by atoms with E-state index in [0.29, 0.717) is 11.8 Å². The van der Waals surface area contributed by atoms with Gasteiger partial charge in [-0.25, -0.2) is 19.5 Å². The van der Waals surface area contributed by atoms with Crippen LogP contribution in [0.25, 0.3) is 11.2 Å². The monoisotopic (exact) mass is 557 g/mol. The Kier molecular flexibility index (Phi) is 8.22. The second kappa shape index (κ2) is 10.3. The van der Waals surface area contributed by atoms with Crippen LogP contribution in [0.4, 0.5) is 32.2 Å². The van der Waals surface area contributed by atoms with Gasteiger partial charge in [-0.15, -0.1) is 0 Å². The fraction of sp³-hybridized carbons (Fsp3) is 0.667. The van der Waals surface area contributed by atoms with E-state index in [9.17, 15) is 41.1 Å². The number of anilines is 1. The molecule has 1 fully saturated rings. The molecule has 0 bridgehead atoms. The van der Waals surface area contributed by atoms with Gasteiger partial charge in [0.2, 0.25) is 0 Å². The Labute approximate surface area is 195 Å². The molecule has 0 aliphatic carbocycles. The van der Waals surface area contributed by atoms with Crippen LogP contribution >= 0.6 is 19.6 Å². The summed E-state index contributed by atoms with van der Waals surface area (Å²) in [5, 5.41) is 22.2. The van der Waals surface area contributed by atoms with Crippen LogP contribution in [-0.4, -0.2) is 89.1 Å². The minimum Gasteiger partial charge on any atom is -0.387 e. The lowest BCUT2D eigenvalue weighted by atomic mass is 10.1. The molecular formula is C15H18F6N5O7PS. The highest BCUT2D eigenvalue weighted by Gasteiger charge is 2.45. The first kappa shape index (κ1) is 27.9. The maximum atomic E-state index is 12.7. The minimum absolute atomic E-state index is 0.241. The number of phosphoric acid groups is 1. The summed E-state index contributed by atoms with van der Waals surface area (Å²) in [5.74, 6) is -0.986. The van der Waals surface area contributed by atoms with Gasteiger partial charge < -0.3 is 30.1 Å². The predicted octanol–water partition coefficient (Wildman–Crippen LogP) is 1.57. The minimum atomic E-state index is -4.94. The van der Waals surface area contributed by atoms with E-state index in [0.717, 1.165) is 10.9 Å². The molecule has 0 radical (unpaired) electrons. The number of nitrogens with zero attached hydrogens (tertiary/aromatic N) is 4. The highest BCUT2D eigenvalue weighted by molar-refractivity contribution is 7.99. The molecule has 198 valence electrons. The van der Waals surface area contributed by atoms with E-state index in [4.69, 9.17) is 14.5 Å². The summed E-state index contributed by atoms with van der Waals surface area (Å²) < 4.78 is 97.1. The van der Waals surface area contributed by atoms with Gasteiger partial charge in [0.25, 0.3) is 0 Å². The molecule has 2 aromatic heterocycles. The zero-order valence-corrected chi connectivity index (χ0v) is 18.9. The molecule has 1 aliphatic heterocycles. The van der Waals surface area contributed by atoms with Crippen molar-refractivity contribution in [2.45, 2.75) is 48.5 Å². The average Bonchev–Trinajstić information content (AvgIpc) is 3.24. The Bertz CT molecular complexity index is 1080. The zero-order chi connectivity index (χ0) is 26.2. The average molecular weight is 557 g/mol. The van der Waals surface area contributed by atoms with E-state index in [1.165, 1.54) is 0 Å². The molecular weight excluding hydrogens is 539 g/mol. The summed E-state index contributed by atoms with van der Waals surface area (Å²) >= 11 is 0.513. The Morgan fingerprint density at radius 1 is 1.14 bits per heavy atom. The molecule has 20 heteroatoms. The Balaban J connectivity index is 1.92. The number of imidazole rings is 1. The Morgan fingerprint density at radius 3 is 2.43 bits per heavy atom. The lowest BCUT2D eigenvalue weighted by Gasteiger charge is -2.17. The third kappa shape index (κ3) is 7.63. The second-order valence-electron chi connectivity index (χ2n) is 7.19. The van der Waals surface area contributed by atoms with Crippen LogP contribution in [0.1, 0.15) is 12.6 Å². The van der Waals surface area contributed by atoms with Gasteiger partial charge in [-0.05, 0) is 0 Å². The van der Waals surface area contributed by atoms with Gasteiger partial charge in [-0.3, -0.25) is 9.09 Å². The largest absolute Gasteiger partial charge is 0.469 e. The van der Waals surface area contributed by atoms with Crippen LogP contribution in [0, 0.1) is 0 Å². The fourth-order valence-corrected chi connectivity index (χ4v) is 4.14. The molecule has 4 atom stereocenters. The van der Waals surface area contributed by atoms with Gasteiger partial charge in [0.1, 0.15) is 24.9 Å². The topological polar surface area (TPSA) is 172 Å². The van der Waals surface area contributed by atoms with Crippen LogP contribution in [0.2, 0.25) is 0 Å². The molecule has 0 saturated carbocycles. The predicted molar refractivity (Wildman–Crippen MR) is 105 cm³/mol. The quantitative estimate of drug-likeness (QED) is 0.131. The van der Waals surface area contributed by atoms with Crippen LogP contribution in [0.15, 0.2) is 11.5 Å². The summed E-state index contributed by atoms with van der Waals surface area (Å²) in [6.45, 7) is -2.36. The summed E-state index contributed by atoms with van der Waals surface area (Å²) in [7, 11) is -4.94. The van der Waals surface area contributed by atoms with Crippen LogP contribution in [0.3, 0.4) is 0 Å². The van der Waals surface area contributed by atoms with Crippen LogP contribution < -0.4 is 5.32 Å². The SMILES string of the molecule is O=P(O)(O)OC[C@H]1O[C@@H](n2cnc3c(NCC(F)(F)F)nc(SCCC(F)(F)F)nc32)[C@H](O)[C@@H]1O. The number of fused-ring (bicyclic) bond motifs is 1.